The van der Waals surface area contributed by atoms with E-state index in [2.05, 4.69) is 19.8 Å². The first-order chi connectivity index (χ1) is 11.6. The van der Waals surface area contributed by atoms with E-state index in [0.29, 0.717) is 18.0 Å². The molecule has 1 atom stereocenters. The Balaban J connectivity index is 1.57. The predicted octanol–water partition coefficient (Wildman–Crippen LogP) is 1.17. The topological polar surface area (TPSA) is 101 Å². The van der Waals surface area contributed by atoms with Crippen molar-refractivity contribution >= 4 is 29.0 Å². The van der Waals surface area contributed by atoms with E-state index in [4.69, 9.17) is 5.73 Å². The van der Waals surface area contributed by atoms with Gasteiger partial charge in [-0.25, -0.2) is 0 Å². The second-order valence-corrected chi connectivity index (χ2v) is 6.60. The van der Waals surface area contributed by atoms with Gasteiger partial charge in [-0.3, -0.25) is 9.59 Å². The summed E-state index contributed by atoms with van der Waals surface area (Å²) in [6.45, 7) is 2.04. The molecule has 1 fully saturated rings. The summed E-state index contributed by atoms with van der Waals surface area (Å²) in [5, 5.41) is 6.49. The van der Waals surface area contributed by atoms with Crippen LogP contribution < -0.4 is 16.0 Å². The number of rotatable bonds is 5. The van der Waals surface area contributed by atoms with Crippen molar-refractivity contribution < 1.29 is 9.59 Å². The third-order valence-corrected chi connectivity index (χ3v) is 4.83. The van der Waals surface area contributed by atoms with Crippen LogP contribution in [0.5, 0.6) is 0 Å². The molecule has 1 unspecified atom stereocenters. The van der Waals surface area contributed by atoms with Gasteiger partial charge in [0.05, 0.1) is 12.1 Å². The molecule has 126 valence electrons. The fourth-order valence-corrected chi connectivity index (χ4v) is 3.24. The number of aromatic nitrogens is 2. The minimum Gasteiger partial charge on any atom is -0.371 e. The predicted molar refractivity (Wildman–Crippen MR) is 91.7 cm³/mol. The summed E-state index contributed by atoms with van der Waals surface area (Å²) in [6.07, 6.45) is 3.28. The van der Waals surface area contributed by atoms with Gasteiger partial charge in [-0.15, -0.1) is 5.10 Å². The summed E-state index contributed by atoms with van der Waals surface area (Å²) in [7, 11) is 0. The van der Waals surface area contributed by atoms with Crippen LogP contribution in [-0.4, -0.2) is 34.5 Å². The number of hydrogen-bond acceptors (Lipinski definition) is 6. The number of nitrogens with two attached hydrogens (primary N) is 1. The van der Waals surface area contributed by atoms with E-state index in [9.17, 15) is 9.59 Å². The van der Waals surface area contributed by atoms with E-state index >= 15 is 0 Å². The number of anilines is 1. The molecule has 0 saturated carbocycles. The van der Waals surface area contributed by atoms with Crippen molar-refractivity contribution in [3.8, 4) is 0 Å². The lowest BCUT2D eigenvalue weighted by atomic mass is 9.97. The number of benzene rings is 1. The van der Waals surface area contributed by atoms with Gasteiger partial charge in [0.25, 0.3) is 5.91 Å². The number of amides is 2. The summed E-state index contributed by atoms with van der Waals surface area (Å²) in [4.78, 5) is 25.9. The molecule has 2 amide bonds. The highest BCUT2D eigenvalue weighted by Gasteiger charge is 2.24. The van der Waals surface area contributed by atoms with Gasteiger partial charge in [0, 0.05) is 25.3 Å². The first kappa shape index (κ1) is 16.4. The number of nitrogens with zero attached hydrogens (tertiary/aromatic N) is 3. The van der Waals surface area contributed by atoms with Crippen molar-refractivity contribution in [1.82, 2.24) is 14.9 Å². The van der Waals surface area contributed by atoms with Crippen LogP contribution in [0.4, 0.5) is 5.69 Å². The molecule has 0 spiro atoms. The van der Waals surface area contributed by atoms with Crippen LogP contribution in [0.15, 0.2) is 30.5 Å². The van der Waals surface area contributed by atoms with Crippen molar-refractivity contribution in [3.05, 3.63) is 40.9 Å². The highest BCUT2D eigenvalue weighted by molar-refractivity contribution is 7.07. The molecule has 1 saturated heterocycles. The molecule has 2 aromatic rings. The molecule has 0 aliphatic carbocycles. The zero-order valence-electron chi connectivity index (χ0n) is 13.1. The molecule has 1 aliphatic rings. The lowest BCUT2D eigenvalue weighted by Crippen LogP contribution is -2.41. The Bertz CT molecular complexity index is 702. The lowest BCUT2D eigenvalue weighted by Gasteiger charge is -2.33. The summed E-state index contributed by atoms with van der Waals surface area (Å²) >= 11 is 1.07. The Labute approximate surface area is 144 Å². The van der Waals surface area contributed by atoms with E-state index in [1.54, 1.807) is 0 Å². The van der Waals surface area contributed by atoms with Gasteiger partial charge in [-0.1, -0.05) is 16.6 Å². The molecule has 24 heavy (non-hydrogen) atoms. The maximum atomic E-state index is 11.9. The van der Waals surface area contributed by atoms with Gasteiger partial charge in [0.1, 0.15) is 4.88 Å². The van der Waals surface area contributed by atoms with E-state index in [-0.39, 0.29) is 17.7 Å². The molecular formula is C16H19N5O2S. The molecule has 3 N–H and O–H groups in total. The molecule has 8 heteroatoms. The van der Waals surface area contributed by atoms with E-state index < -0.39 is 0 Å². The fraction of sp³-hybridized carbons (Fsp3) is 0.375. The molecule has 1 aromatic carbocycles. The van der Waals surface area contributed by atoms with Gasteiger partial charge in [-0.05, 0) is 42.1 Å². The smallest absolute Gasteiger partial charge is 0.264 e. The Morgan fingerprint density at radius 3 is 2.79 bits per heavy atom. The summed E-state index contributed by atoms with van der Waals surface area (Å²) in [5.74, 6) is -0.475. The van der Waals surface area contributed by atoms with Crippen LogP contribution in [-0.2, 0) is 11.3 Å². The first-order valence-corrected chi connectivity index (χ1v) is 8.59. The van der Waals surface area contributed by atoms with Crippen molar-refractivity contribution in [2.45, 2.75) is 19.4 Å². The zero-order chi connectivity index (χ0) is 16.9. The molecule has 2 heterocycles. The standard InChI is InChI=1S/C16H19N5O2S/c17-15(22)12-2-1-7-21(10-12)13-5-3-11(4-6-13)8-18-16(23)14-9-19-20-24-14/h3-6,9,12H,1-2,7-8,10H2,(H2,17,22)(H,18,23). The molecule has 7 nitrogen and oxygen atoms in total. The summed E-state index contributed by atoms with van der Waals surface area (Å²) in [5.41, 5.74) is 7.51. The monoisotopic (exact) mass is 345 g/mol. The van der Waals surface area contributed by atoms with Gasteiger partial charge < -0.3 is 16.0 Å². The van der Waals surface area contributed by atoms with Crippen molar-refractivity contribution in [2.24, 2.45) is 11.7 Å². The normalized spacial score (nSPS) is 17.5. The lowest BCUT2D eigenvalue weighted by molar-refractivity contribution is -0.122. The highest BCUT2D eigenvalue weighted by Crippen LogP contribution is 2.23. The molecule has 3 rings (SSSR count). The second kappa shape index (κ2) is 7.39. The number of carbonyl (C=O) groups is 2. The maximum absolute atomic E-state index is 11.9. The highest BCUT2D eigenvalue weighted by atomic mass is 32.1. The fourth-order valence-electron chi connectivity index (χ4n) is 2.81. The quantitative estimate of drug-likeness (QED) is 0.847. The SMILES string of the molecule is NC(=O)C1CCCN(c2ccc(CNC(=O)c3cnns3)cc2)C1. The Morgan fingerprint density at radius 1 is 1.33 bits per heavy atom. The second-order valence-electron chi connectivity index (χ2n) is 5.82. The minimum absolute atomic E-state index is 0.0780. The molecule has 1 aliphatic heterocycles. The van der Waals surface area contributed by atoms with Gasteiger partial charge in [0.2, 0.25) is 5.91 Å². The number of hydrogen-bond donors (Lipinski definition) is 2. The molecule has 0 radical (unpaired) electrons. The van der Waals surface area contributed by atoms with Crippen LogP contribution in [0.3, 0.4) is 0 Å². The number of piperidine rings is 1. The number of primary amides is 1. The number of carbonyl (C=O) groups excluding carboxylic acids is 2. The van der Waals surface area contributed by atoms with Crippen LogP contribution in [0.1, 0.15) is 28.1 Å². The Morgan fingerprint density at radius 2 is 2.12 bits per heavy atom. The van der Waals surface area contributed by atoms with Crippen LogP contribution in [0.2, 0.25) is 0 Å². The third-order valence-electron chi connectivity index (χ3n) is 4.16. The van der Waals surface area contributed by atoms with Crippen LogP contribution in [0, 0.1) is 5.92 Å². The Kier molecular flexibility index (Phi) is 5.05. The van der Waals surface area contributed by atoms with Gasteiger partial charge in [-0.2, -0.15) is 0 Å². The van der Waals surface area contributed by atoms with Gasteiger partial charge in [0.15, 0.2) is 0 Å². The summed E-state index contributed by atoms with van der Waals surface area (Å²) < 4.78 is 3.67. The van der Waals surface area contributed by atoms with Crippen LogP contribution in [0.25, 0.3) is 0 Å². The number of nitrogens with one attached hydrogen (secondary N) is 1. The minimum atomic E-state index is -0.225. The van der Waals surface area contributed by atoms with Crippen LogP contribution >= 0.6 is 11.5 Å². The Hall–Kier alpha value is -2.48. The average Bonchev–Trinajstić information content (AvgIpc) is 3.15. The van der Waals surface area contributed by atoms with E-state index in [1.165, 1.54) is 6.20 Å². The maximum Gasteiger partial charge on any atom is 0.264 e. The summed E-state index contributed by atoms with van der Waals surface area (Å²) in [6, 6.07) is 7.99. The van der Waals surface area contributed by atoms with Crippen molar-refractivity contribution in [3.63, 3.8) is 0 Å². The van der Waals surface area contributed by atoms with E-state index in [0.717, 1.165) is 42.2 Å². The first-order valence-electron chi connectivity index (χ1n) is 7.82. The zero-order valence-corrected chi connectivity index (χ0v) is 14.0. The van der Waals surface area contributed by atoms with E-state index in [1.807, 2.05) is 24.3 Å². The van der Waals surface area contributed by atoms with Crippen molar-refractivity contribution in [2.75, 3.05) is 18.0 Å². The molecular weight excluding hydrogens is 326 g/mol. The molecule has 0 bridgehead atoms. The van der Waals surface area contributed by atoms with Crippen molar-refractivity contribution in [1.29, 1.82) is 0 Å². The average molecular weight is 345 g/mol. The van der Waals surface area contributed by atoms with Gasteiger partial charge >= 0.3 is 0 Å². The largest absolute Gasteiger partial charge is 0.371 e. The third kappa shape index (κ3) is 3.88. The molecule has 1 aromatic heterocycles.